The van der Waals surface area contributed by atoms with E-state index in [-0.39, 0.29) is 7.43 Å². The Morgan fingerprint density at radius 3 is 1.24 bits per heavy atom. The van der Waals surface area contributed by atoms with E-state index in [2.05, 4.69) is 198 Å². The maximum Gasteiger partial charge on any atom is 0.0535 e. The average molecular weight is 1370 g/mol. The van der Waals surface area contributed by atoms with Crippen molar-refractivity contribution in [1.82, 2.24) is 0 Å². The van der Waals surface area contributed by atoms with E-state index in [0.29, 0.717) is 0 Å². The van der Waals surface area contributed by atoms with Crippen LogP contribution in [0, 0.1) is 7.14 Å². The third kappa shape index (κ3) is 16.3. The summed E-state index contributed by atoms with van der Waals surface area (Å²) < 4.78 is 7.91. The molecule has 0 radical (unpaired) electrons. The average Bonchev–Trinajstić information content (AvgIpc) is 3.18. The molecule has 7 aromatic carbocycles. The van der Waals surface area contributed by atoms with Gasteiger partial charge in [0, 0.05) is 44.9 Å². The topological polar surface area (TPSA) is 0 Å². The molecule has 12 heteroatoms. The van der Waals surface area contributed by atoms with E-state index in [1.807, 2.05) is 97.1 Å². The van der Waals surface area contributed by atoms with Gasteiger partial charge in [-0.3, -0.25) is 0 Å². The highest BCUT2D eigenvalue weighted by atomic mass is 127. The first-order valence-corrected chi connectivity index (χ1v) is 26.2. The second-order valence-electron chi connectivity index (χ2n) is 10.8. The Morgan fingerprint density at radius 1 is 0.382 bits per heavy atom. The molecular formula is C43H32Br5Cl3I2P2. The minimum atomic E-state index is -0.766. The van der Waals surface area contributed by atoms with Crippen LogP contribution in [0.4, 0.5) is 0 Å². The number of hydrogen-bond acceptors (Lipinski definition) is 0. The highest BCUT2D eigenvalue weighted by molar-refractivity contribution is 14.1. The van der Waals surface area contributed by atoms with Gasteiger partial charge in [0.2, 0.25) is 0 Å². The Balaban J connectivity index is 0.000000213. The second-order valence-corrected chi connectivity index (χ2v) is 23.0. The predicted octanol–water partition coefficient (Wildman–Crippen LogP) is 17.1. The Kier molecular flexibility index (Phi) is 23.7. The third-order valence-electron chi connectivity index (χ3n) is 7.01. The van der Waals surface area contributed by atoms with Gasteiger partial charge in [-0.05, 0) is 161 Å². The lowest BCUT2D eigenvalue weighted by Gasteiger charge is -2.21. The standard InChI is InChI=1S/C18H12Br2ClP.C12H9BrClP.C6H3BrClI.C6H4BrI.CH4/c19-15-8-4-5-9-17(15)22(14-6-2-1-3-7-14)18-11-10-13(21)12-16(18)20;13-11-8-4-5-9-12(11)15(14)10-6-2-1-3-7-10;7-5-3-4(8)1-2-6(5)9;7-5-3-1-2-4-6(5)8;/h1-12H;1-9H;1-3H;1-4H;1H4. The van der Waals surface area contributed by atoms with Gasteiger partial charge in [-0.15, -0.1) is 0 Å². The van der Waals surface area contributed by atoms with Gasteiger partial charge in [0.25, 0.3) is 0 Å². The summed E-state index contributed by atoms with van der Waals surface area (Å²) in [7, 11) is -1.42. The van der Waals surface area contributed by atoms with Crippen molar-refractivity contribution < 1.29 is 0 Å². The molecule has 284 valence electrons. The van der Waals surface area contributed by atoms with Crippen molar-refractivity contribution in [3.8, 4) is 0 Å². The van der Waals surface area contributed by atoms with Gasteiger partial charge < -0.3 is 0 Å². The molecule has 0 heterocycles. The van der Waals surface area contributed by atoms with Crippen LogP contribution in [0.25, 0.3) is 0 Å². The van der Waals surface area contributed by atoms with Gasteiger partial charge in [-0.1, -0.05) is 205 Å². The van der Waals surface area contributed by atoms with Crippen LogP contribution >= 0.6 is 174 Å². The Bertz CT molecular complexity index is 2210. The molecular weight excluding hydrogens is 1340 g/mol. The highest BCUT2D eigenvalue weighted by Crippen LogP contribution is 2.41. The summed E-state index contributed by atoms with van der Waals surface area (Å²) in [6.07, 6.45) is 0. The first-order chi connectivity index (χ1) is 26.0. The van der Waals surface area contributed by atoms with Crippen LogP contribution in [0.2, 0.25) is 10.0 Å². The summed E-state index contributed by atoms with van der Waals surface area (Å²) >= 11 is 40.4. The lowest BCUT2D eigenvalue weighted by molar-refractivity contribution is 1.59. The molecule has 2 unspecified atom stereocenters. The smallest absolute Gasteiger partial charge is 0.0535 e. The maximum atomic E-state index is 6.47. The molecule has 0 aromatic heterocycles. The third-order valence-corrected chi connectivity index (χ3v) is 20.4. The molecule has 0 fully saturated rings. The molecule has 0 bridgehead atoms. The van der Waals surface area contributed by atoms with Crippen molar-refractivity contribution in [2.24, 2.45) is 0 Å². The summed E-state index contributed by atoms with van der Waals surface area (Å²) in [4.78, 5) is 0. The van der Waals surface area contributed by atoms with Gasteiger partial charge >= 0.3 is 0 Å². The van der Waals surface area contributed by atoms with Crippen molar-refractivity contribution >= 4 is 201 Å². The lowest BCUT2D eigenvalue weighted by atomic mass is 10.3. The molecule has 0 nitrogen and oxygen atoms in total. The Hall–Kier alpha value is 0.130. The summed E-state index contributed by atoms with van der Waals surface area (Å²) in [5.74, 6) is 0. The first kappa shape index (κ1) is 49.5. The van der Waals surface area contributed by atoms with Gasteiger partial charge in [0.05, 0.1) is 7.27 Å². The summed E-state index contributed by atoms with van der Waals surface area (Å²) in [5, 5.41) is 7.73. The molecule has 0 aliphatic rings. The van der Waals surface area contributed by atoms with Crippen LogP contribution in [0.5, 0.6) is 0 Å². The first-order valence-electron chi connectivity index (χ1n) is 15.8. The monoisotopic (exact) mass is 1360 g/mol. The molecule has 0 amide bonds. The van der Waals surface area contributed by atoms with E-state index in [1.54, 1.807) is 0 Å². The van der Waals surface area contributed by atoms with Crippen molar-refractivity contribution in [2.75, 3.05) is 0 Å². The SMILES string of the molecule is Brc1ccccc1I.C.ClP(c1ccccc1)c1ccccc1Br.Clc1ccc(I)c(Br)c1.Clc1ccc(P(c2ccccc2)c2ccccc2Br)c(Br)c1. The number of halogens is 10. The fourth-order valence-electron chi connectivity index (χ4n) is 4.50. The lowest BCUT2D eigenvalue weighted by Crippen LogP contribution is -2.22. The van der Waals surface area contributed by atoms with E-state index in [4.69, 9.17) is 34.4 Å². The molecule has 0 saturated carbocycles. The van der Waals surface area contributed by atoms with Crippen LogP contribution in [-0.4, -0.2) is 0 Å². The highest BCUT2D eigenvalue weighted by Gasteiger charge is 2.21. The molecule has 0 aliphatic carbocycles. The van der Waals surface area contributed by atoms with Crippen LogP contribution in [0.1, 0.15) is 7.43 Å². The van der Waals surface area contributed by atoms with Crippen LogP contribution < -0.4 is 26.5 Å². The van der Waals surface area contributed by atoms with Crippen molar-refractivity contribution in [3.05, 3.63) is 209 Å². The van der Waals surface area contributed by atoms with Crippen molar-refractivity contribution in [3.63, 3.8) is 0 Å². The van der Waals surface area contributed by atoms with E-state index in [0.717, 1.165) is 27.9 Å². The maximum absolute atomic E-state index is 6.47. The zero-order valence-corrected chi connectivity index (χ0v) is 44.1. The van der Waals surface area contributed by atoms with Gasteiger partial charge in [0.1, 0.15) is 0 Å². The van der Waals surface area contributed by atoms with E-state index < -0.39 is 15.2 Å². The minimum absolute atomic E-state index is 0. The molecule has 55 heavy (non-hydrogen) atoms. The van der Waals surface area contributed by atoms with E-state index in [1.165, 1.54) is 38.1 Å². The van der Waals surface area contributed by atoms with Crippen LogP contribution in [0.3, 0.4) is 0 Å². The molecule has 0 N–H and O–H groups in total. The van der Waals surface area contributed by atoms with Crippen LogP contribution in [0.15, 0.2) is 192 Å². The summed E-state index contributed by atoms with van der Waals surface area (Å²) in [6.45, 7) is 0. The van der Waals surface area contributed by atoms with E-state index in [9.17, 15) is 0 Å². The van der Waals surface area contributed by atoms with Gasteiger partial charge in [-0.25, -0.2) is 0 Å². The molecule has 7 aromatic rings. The van der Waals surface area contributed by atoms with Crippen molar-refractivity contribution in [2.45, 2.75) is 7.43 Å². The summed E-state index contributed by atoms with van der Waals surface area (Å²) in [5.41, 5.74) is 0. The van der Waals surface area contributed by atoms with Crippen molar-refractivity contribution in [1.29, 1.82) is 0 Å². The zero-order valence-electron chi connectivity index (χ0n) is 27.8. The molecule has 0 spiro atoms. The van der Waals surface area contributed by atoms with Gasteiger partial charge in [-0.2, -0.15) is 0 Å². The number of hydrogen-bond donors (Lipinski definition) is 0. The number of benzene rings is 7. The number of rotatable bonds is 5. The van der Waals surface area contributed by atoms with Crippen LogP contribution in [-0.2, 0) is 0 Å². The molecule has 0 saturated heterocycles. The fraction of sp³-hybridized carbons (Fsp3) is 0.0233. The zero-order chi connectivity index (χ0) is 39.0. The second kappa shape index (κ2) is 26.4. The predicted molar refractivity (Wildman–Crippen MR) is 284 cm³/mol. The quantitative estimate of drug-likeness (QED) is 0.0915. The summed E-state index contributed by atoms with van der Waals surface area (Å²) in [6, 6.07) is 57.2. The largest absolute Gasteiger partial charge is 0.0858 e. The molecule has 7 rings (SSSR count). The fourth-order valence-corrected chi connectivity index (χ4v) is 13.6. The molecule has 0 aliphatic heterocycles. The Labute approximate surface area is 412 Å². The molecule has 2 atom stereocenters. The van der Waals surface area contributed by atoms with Gasteiger partial charge in [0.15, 0.2) is 0 Å². The minimum Gasteiger partial charge on any atom is -0.0858 e. The normalized spacial score (nSPS) is 11.2. The van der Waals surface area contributed by atoms with E-state index >= 15 is 0 Å². The Morgan fingerprint density at radius 2 is 0.782 bits per heavy atom.